The minimum atomic E-state index is -1.17. The van der Waals surface area contributed by atoms with Crippen LogP contribution in [0.4, 0.5) is 0 Å². The largest absolute Gasteiger partial charge is 0.480 e. The molecule has 0 aliphatic carbocycles. The van der Waals surface area contributed by atoms with Gasteiger partial charge in [-0.25, -0.2) is 4.79 Å². The number of carbonyl (C=O) groups excluding carboxylic acids is 2. The molecule has 0 saturated heterocycles. The number of hydrogen-bond donors (Lipinski definition) is 3. The van der Waals surface area contributed by atoms with E-state index in [0.29, 0.717) is 23.1 Å². The lowest BCUT2D eigenvalue weighted by Crippen LogP contribution is -2.53. The van der Waals surface area contributed by atoms with Crippen LogP contribution in [0.15, 0.2) is 63.8 Å². The molecule has 1 aromatic heterocycles. The van der Waals surface area contributed by atoms with E-state index in [9.17, 15) is 19.2 Å². The molecule has 3 rings (SSSR count). The Kier molecular flexibility index (Phi) is 7.27. The van der Waals surface area contributed by atoms with Gasteiger partial charge in [0.2, 0.25) is 5.91 Å². The van der Waals surface area contributed by atoms with E-state index >= 15 is 0 Å². The highest BCUT2D eigenvalue weighted by molar-refractivity contribution is 5.99. The fraction of sp³-hybridized carbons (Fsp3) is 0.280. The molecule has 3 atom stereocenters. The Morgan fingerprint density at radius 2 is 1.73 bits per heavy atom. The summed E-state index contributed by atoms with van der Waals surface area (Å²) < 4.78 is 5.39. The van der Waals surface area contributed by atoms with Gasteiger partial charge in [0.05, 0.1) is 5.56 Å². The van der Waals surface area contributed by atoms with Gasteiger partial charge in [0.25, 0.3) is 5.91 Å². The van der Waals surface area contributed by atoms with Gasteiger partial charge in [-0.3, -0.25) is 14.4 Å². The zero-order chi connectivity index (χ0) is 24.1. The summed E-state index contributed by atoms with van der Waals surface area (Å²) in [6.45, 7) is 5.03. The van der Waals surface area contributed by atoms with Crippen LogP contribution in [-0.2, 0) is 9.59 Å². The Hall–Kier alpha value is -3.94. The van der Waals surface area contributed by atoms with Crippen LogP contribution in [0, 0.1) is 5.92 Å². The Morgan fingerprint density at radius 1 is 1.00 bits per heavy atom. The molecule has 8 nitrogen and oxygen atoms in total. The standard InChI is InChI=1S/C25H26N2O6/c1-4-14(2)21(23(29)26-15(3)24(30)31)27-22(28)18-10-7-9-16(12-18)19-13-17-8-5-6-11-20(17)33-25(19)32/h5-15,21H,4H2,1-3H3,(H,26,29)(H,27,28)(H,30,31). The van der Waals surface area contributed by atoms with E-state index < -0.39 is 35.5 Å². The molecule has 0 aliphatic heterocycles. The van der Waals surface area contributed by atoms with Crippen molar-refractivity contribution in [1.82, 2.24) is 10.6 Å². The monoisotopic (exact) mass is 450 g/mol. The first-order valence-electron chi connectivity index (χ1n) is 10.7. The summed E-state index contributed by atoms with van der Waals surface area (Å²) in [5.41, 5.74) is 1.03. The van der Waals surface area contributed by atoms with Crippen LogP contribution in [0.2, 0.25) is 0 Å². The van der Waals surface area contributed by atoms with Crippen molar-refractivity contribution in [2.45, 2.75) is 39.3 Å². The number of carboxylic acids is 1. The third-order valence-corrected chi connectivity index (χ3v) is 5.59. The lowest BCUT2D eigenvalue weighted by molar-refractivity contribution is -0.141. The highest BCUT2D eigenvalue weighted by Crippen LogP contribution is 2.22. The topological polar surface area (TPSA) is 126 Å². The summed E-state index contributed by atoms with van der Waals surface area (Å²) in [5.74, 6) is -2.48. The summed E-state index contributed by atoms with van der Waals surface area (Å²) >= 11 is 0. The van der Waals surface area contributed by atoms with Crippen LogP contribution in [0.3, 0.4) is 0 Å². The molecule has 172 valence electrons. The molecule has 33 heavy (non-hydrogen) atoms. The summed E-state index contributed by atoms with van der Waals surface area (Å²) in [6, 6.07) is 13.3. The number of hydrogen-bond acceptors (Lipinski definition) is 5. The number of benzene rings is 2. The molecule has 3 N–H and O–H groups in total. The number of fused-ring (bicyclic) bond motifs is 1. The van der Waals surface area contributed by atoms with E-state index in [4.69, 9.17) is 9.52 Å². The zero-order valence-electron chi connectivity index (χ0n) is 18.6. The van der Waals surface area contributed by atoms with Gasteiger partial charge in [-0.05, 0) is 42.7 Å². The minimum absolute atomic E-state index is 0.231. The first-order chi connectivity index (χ1) is 15.7. The van der Waals surface area contributed by atoms with E-state index in [1.807, 2.05) is 19.1 Å². The van der Waals surface area contributed by atoms with Gasteiger partial charge in [0.1, 0.15) is 17.7 Å². The molecule has 2 amide bonds. The van der Waals surface area contributed by atoms with Crippen LogP contribution in [0.1, 0.15) is 37.6 Å². The van der Waals surface area contributed by atoms with Crippen molar-refractivity contribution < 1.29 is 23.9 Å². The van der Waals surface area contributed by atoms with E-state index in [-0.39, 0.29) is 11.5 Å². The van der Waals surface area contributed by atoms with E-state index in [1.54, 1.807) is 49.4 Å². The molecule has 0 bridgehead atoms. The van der Waals surface area contributed by atoms with E-state index in [1.165, 1.54) is 6.92 Å². The first-order valence-corrected chi connectivity index (χ1v) is 10.7. The lowest BCUT2D eigenvalue weighted by Gasteiger charge is -2.24. The van der Waals surface area contributed by atoms with Gasteiger partial charge < -0.3 is 20.2 Å². The second-order valence-corrected chi connectivity index (χ2v) is 7.97. The third-order valence-electron chi connectivity index (χ3n) is 5.59. The van der Waals surface area contributed by atoms with Crippen LogP contribution in [0.5, 0.6) is 0 Å². The molecule has 3 aromatic rings. The summed E-state index contributed by atoms with van der Waals surface area (Å²) in [7, 11) is 0. The van der Waals surface area contributed by atoms with Crippen LogP contribution < -0.4 is 16.3 Å². The van der Waals surface area contributed by atoms with Gasteiger partial charge >= 0.3 is 11.6 Å². The average molecular weight is 450 g/mol. The van der Waals surface area contributed by atoms with Crippen molar-refractivity contribution in [3.63, 3.8) is 0 Å². The van der Waals surface area contributed by atoms with Crippen molar-refractivity contribution in [3.05, 3.63) is 70.6 Å². The fourth-order valence-corrected chi connectivity index (χ4v) is 3.38. The molecular formula is C25H26N2O6. The Balaban J connectivity index is 1.87. The Labute approximate surface area is 190 Å². The predicted octanol–water partition coefficient (Wildman–Crippen LogP) is 3.19. The fourth-order valence-electron chi connectivity index (χ4n) is 3.38. The average Bonchev–Trinajstić information content (AvgIpc) is 2.81. The normalized spacial score (nSPS) is 13.7. The minimum Gasteiger partial charge on any atom is -0.480 e. The van der Waals surface area contributed by atoms with Gasteiger partial charge in [0, 0.05) is 10.9 Å². The first kappa shape index (κ1) is 23.7. The highest BCUT2D eigenvalue weighted by Gasteiger charge is 2.28. The van der Waals surface area contributed by atoms with Crippen LogP contribution >= 0.6 is 0 Å². The van der Waals surface area contributed by atoms with Crippen LogP contribution in [0.25, 0.3) is 22.1 Å². The number of rotatable bonds is 8. The molecule has 1 heterocycles. The quantitative estimate of drug-likeness (QED) is 0.453. The Morgan fingerprint density at radius 3 is 2.42 bits per heavy atom. The second kappa shape index (κ2) is 10.1. The zero-order valence-corrected chi connectivity index (χ0v) is 18.6. The van der Waals surface area contributed by atoms with Gasteiger partial charge in [0.15, 0.2) is 0 Å². The molecular weight excluding hydrogens is 424 g/mol. The van der Waals surface area contributed by atoms with Crippen molar-refractivity contribution >= 4 is 28.8 Å². The van der Waals surface area contributed by atoms with E-state index in [2.05, 4.69) is 10.6 Å². The number of carboxylic acid groups (broad SMARTS) is 1. The molecule has 0 radical (unpaired) electrons. The SMILES string of the molecule is CCC(C)C(NC(=O)c1cccc(-c2cc3ccccc3oc2=O)c1)C(=O)NC(C)C(=O)O. The number of carbonyl (C=O) groups is 3. The second-order valence-electron chi connectivity index (χ2n) is 7.97. The van der Waals surface area contributed by atoms with Gasteiger partial charge in [-0.15, -0.1) is 0 Å². The van der Waals surface area contributed by atoms with Crippen molar-refractivity contribution in [2.24, 2.45) is 5.92 Å². The van der Waals surface area contributed by atoms with Gasteiger partial charge in [-0.1, -0.05) is 50.6 Å². The summed E-state index contributed by atoms with van der Waals surface area (Å²) in [5, 5.41) is 14.9. The van der Waals surface area contributed by atoms with Crippen molar-refractivity contribution in [1.29, 1.82) is 0 Å². The van der Waals surface area contributed by atoms with Crippen molar-refractivity contribution in [3.8, 4) is 11.1 Å². The smallest absolute Gasteiger partial charge is 0.344 e. The maximum absolute atomic E-state index is 13.0. The van der Waals surface area contributed by atoms with Crippen molar-refractivity contribution in [2.75, 3.05) is 0 Å². The molecule has 0 fully saturated rings. The third kappa shape index (κ3) is 5.46. The molecule has 0 saturated carbocycles. The molecule has 3 unspecified atom stereocenters. The molecule has 0 spiro atoms. The molecule has 8 heteroatoms. The summed E-state index contributed by atoms with van der Waals surface area (Å²) in [4.78, 5) is 49.2. The number of para-hydroxylation sites is 1. The molecule has 0 aliphatic rings. The highest BCUT2D eigenvalue weighted by atomic mass is 16.4. The number of amides is 2. The Bertz CT molecular complexity index is 1250. The maximum Gasteiger partial charge on any atom is 0.344 e. The van der Waals surface area contributed by atoms with E-state index in [0.717, 1.165) is 5.39 Å². The molecule has 2 aromatic carbocycles. The number of nitrogens with one attached hydrogen (secondary N) is 2. The van der Waals surface area contributed by atoms with Crippen LogP contribution in [-0.4, -0.2) is 35.0 Å². The predicted molar refractivity (Wildman–Crippen MR) is 124 cm³/mol. The lowest BCUT2D eigenvalue weighted by atomic mass is 9.97. The number of aliphatic carboxylic acids is 1. The maximum atomic E-state index is 13.0. The van der Waals surface area contributed by atoms with Gasteiger partial charge in [-0.2, -0.15) is 0 Å². The summed E-state index contributed by atoms with van der Waals surface area (Å²) in [6.07, 6.45) is 0.595.